The summed E-state index contributed by atoms with van der Waals surface area (Å²) in [6, 6.07) is 12.6. The Morgan fingerprint density at radius 2 is 1.87 bits per heavy atom. The van der Waals surface area contributed by atoms with Gasteiger partial charge in [0.05, 0.1) is 12.6 Å². The van der Waals surface area contributed by atoms with E-state index >= 15 is 0 Å². The van der Waals surface area contributed by atoms with Crippen LogP contribution in [0.3, 0.4) is 0 Å². The van der Waals surface area contributed by atoms with Gasteiger partial charge < -0.3 is 19.9 Å². The lowest BCUT2D eigenvalue weighted by molar-refractivity contribution is -0.147. The second kappa shape index (κ2) is 8.26. The van der Waals surface area contributed by atoms with Gasteiger partial charge in [-0.3, -0.25) is 14.6 Å². The van der Waals surface area contributed by atoms with E-state index in [1.54, 1.807) is 43.6 Å². The molecule has 0 aliphatic heterocycles. The van der Waals surface area contributed by atoms with Gasteiger partial charge in [-0.15, -0.1) is 0 Å². The number of carbonyl (C=O) groups is 2. The van der Waals surface area contributed by atoms with Crippen molar-refractivity contribution in [1.82, 2.24) is 4.98 Å². The van der Waals surface area contributed by atoms with Crippen LogP contribution in [0.15, 0.2) is 48.7 Å². The Kier molecular flexibility index (Phi) is 5.50. The van der Waals surface area contributed by atoms with Crippen molar-refractivity contribution in [1.29, 1.82) is 0 Å². The molecule has 1 aliphatic carbocycles. The smallest absolute Gasteiger partial charge is 0.319 e. The Morgan fingerprint density at radius 3 is 2.48 bits per heavy atom. The molecule has 0 saturated heterocycles. The van der Waals surface area contributed by atoms with E-state index in [2.05, 4.69) is 17.2 Å². The Morgan fingerprint density at radius 1 is 1.13 bits per heavy atom. The van der Waals surface area contributed by atoms with Crippen LogP contribution in [0.1, 0.15) is 31.7 Å². The SMILES string of the molecule is CCCc1cc2nccc(Oc3ccc(NC(=O)C4(C(=O)O)CC4)cc3)c2cc1OC. The van der Waals surface area contributed by atoms with Crippen molar-refractivity contribution in [2.24, 2.45) is 5.41 Å². The van der Waals surface area contributed by atoms with Gasteiger partial charge in [0.1, 0.15) is 22.7 Å². The molecule has 7 nitrogen and oxygen atoms in total. The quantitative estimate of drug-likeness (QED) is 0.509. The summed E-state index contributed by atoms with van der Waals surface area (Å²) < 4.78 is 11.6. The minimum absolute atomic E-state index is 0.369. The van der Waals surface area contributed by atoms with E-state index in [-0.39, 0.29) is 0 Å². The largest absolute Gasteiger partial charge is 0.496 e. The number of benzene rings is 2. The second-order valence-corrected chi connectivity index (χ2v) is 7.71. The maximum absolute atomic E-state index is 12.3. The van der Waals surface area contributed by atoms with Crippen LogP contribution in [0.4, 0.5) is 5.69 Å². The number of nitrogens with zero attached hydrogens (tertiary/aromatic N) is 1. The molecule has 31 heavy (non-hydrogen) atoms. The molecule has 1 fully saturated rings. The Bertz CT molecular complexity index is 1140. The molecule has 1 saturated carbocycles. The minimum atomic E-state index is -1.28. The number of carboxylic acid groups (broad SMARTS) is 1. The zero-order chi connectivity index (χ0) is 22.0. The Hall–Kier alpha value is -3.61. The number of aryl methyl sites for hydroxylation is 1. The zero-order valence-corrected chi connectivity index (χ0v) is 17.5. The molecule has 0 radical (unpaired) electrons. The molecule has 3 aromatic rings. The van der Waals surface area contributed by atoms with Crippen molar-refractivity contribution in [3.63, 3.8) is 0 Å². The van der Waals surface area contributed by atoms with Crippen molar-refractivity contribution in [3.8, 4) is 17.2 Å². The number of hydrogen-bond acceptors (Lipinski definition) is 5. The number of aromatic nitrogens is 1. The van der Waals surface area contributed by atoms with Gasteiger partial charge in [0.25, 0.3) is 0 Å². The van der Waals surface area contributed by atoms with Crippen LogP contribution in [-0.2, 0) is 16.0 Å². The number of hydrogen-bond donors (Lipinski definition) is 2. The summed E-state index contributed by atoms with van der Waals surface area (Å²) in [4.78, 5) is 28.0. The van der Waals surface area contributed by atoms with Crippen LogP contribution in [0.25, 0.3) is 10.9 Å². The first kappa shape index (κ1) is 20.7. The van der Waals surface area contributed by atoms with Gasteiger partial charge in [0, 0.05) is 17.3 Å². The van der Waals surface area contributed by atoms with Gasteiger partial charge in [-0.1, -0.05) is 13.3 Å². The number of methoxy groups -OCH3 is 1. The summed E-state index contributed by atoms with van der Waals surface area (Å²) >= 11 is 0. The molecule has 1 heterocycles. The third-order valence-electron chi connectivity index (χ3n) is 5.56. The zero-order valence-electron chi connectivity index (χ0n) is 17.5. The third kappa shape index (κ3) is 4.03. The number of anilines is 1. The fraction of sp³-hybridized carbons (Fsp3) is 0.292. The molecule has 2 N–H and O–H groups in total. The highest BCUT2D eigenvalue weighted by Crippen LogP contribution is 2.46. The van der Waals surface area contributed by atoms with Gasteiger partial charge in [-0.25, -0.2) is 0 Å². The van der Waals surface area contributed by atoms with E-state index < -0.39 is 17.3 Å². The normalized spacial score (nSPS) is 14.1. The maximum Gasteiger partial charge on any atom is 0.319 e. The molecule has 7 heteroatoms. The van der Waals surface area contributed by atoms with Crippen LogP contribution >= 0.6 is 0 Å². The van der Waals surface area contributed by atoms with Gasteiger partial charge in [-0.05, 0) is 67.3 Å². The van der Waals surface area contributed by atoms with Crippen molar-refractivity contribution >= 4 is 28.5 Å². The number of carbonyl (C=O) groups excluding carboxylic acids is 1. The number of rotatable bonds is 8. The second-order valence-electron chi connectivity index (χ2n) is 7.71. The van der Waals surface area contributed by atoms with Crippen LogP contribution in [-0.4, -0.2) is 29.1 Å². The first-order chi connectivity index (χ1) is 15.0. The lowest BCUT2D eigenvalue weighted by Crippen LogP contribution is -2.31. The van der Waals surface area contributed by atoms with Gasteiger partial charge in [-0.2, -0.15) is 0 Å². The molecular formula is C24H24N2O5. The van der Waals surface area contributed by atoms with E-state index in [9.17, 15) is 14.7 Å². The van der Waals surface area contributed by atoms with Crippen LogP contribution in [0, 0.1) is 5.41 Å². The van der Waals surface area contributed by atoms with E-state index in [1.165, 1.54) is 0 Å². The van der Waals surface area contributed by atoms with Crippen LogP contribution < -0.4 is 14.8 Å². The topological polar surface area (TPSA) is 97.8 Å². The number of nitrogens with one attached hydrogen (secondary N) is 1. The number of ether oxygens (including phenoxy) is 2. The highest BCUT2D eigenvalue weighted by molar-refractivity contribution is 6.10. The van der Waals surface area contributed by atoms with Crippen LogP contribution in [0.2, 0.25) is 0 Å². The molecule has 0 unspecified atom stereocenters. The fourth-order valence-electron chi connectivity index (χ4n) is 3.58. The predicted molar refractivity (Wildman–Crippen MR) is 117 cm³/mol. The summed E-state index contributed by atoms with van der Waals surface area (Å²) in [5.41, 5.74) is 1.18. The molecule has 1 aliphatic rings. The molecule has 0 atom stereocenters. The molecule has 160 valence electrons. The maximum atomic E-state index is 12.3. The number of carboxylic acids is 1. The van der Waals surface area contributed by atoms with E-state index in [0.29, 0.717) is 30.0 Å². The van der Waals surface area contributed by atoms with Crippen molar-refractivity contribution in [2.45, 2.75) is 32.6 Å². The predicted octanol–water partition coefficient (Wildman–Crippen LogP) is 4.79. The fourth-order valence-corrected chi connectivity index (χ4v) is 3.58. The molecule has 0 spiro atoms. The highest BCUT2D eigenvalue weighted by atomic mass is 16.5. The lowest BCUT2D eigenvalue weighted by Gasteiger charge is -2.14. The first-order valence-corrected chi connectivity index (χ1v) is 10.3. The van der Waals surface area contributed by atoms with Crippen molar-refractivity contribution < 1.29 is 24.2 Å². The Balaban J connectivity index is 1.54. The number of fused-ring (bicyclic) bond motifs is 1. The van der Waals surface area contributed by atoms with Gasteiger partial charge in [0.2, 0.25) is 5.91 Å². The molecule has 4 rings (SSSR count). The van der Waals surface area contributed by atoms with E-state index in [1.807, 2.05) is 12.1 Å². The molecule has 1 aromatic heterocycles. The van der Waals surface area contributed by atoms with Gasteiger partial charge in [0.15, 0.2) is 0 Å². The van der Waals surface area contributed by atoms with Crippen molar-refractivity contribution in [3.05, 3.63) is 54.2 Å². The summed E-state index contributed by atoms with van der Waals surface area (Å²) in [5, 5.41) is 12.8. The number of amides is 1. The highest BCUT2D eigenvalue weighted by Gasteiger charge is 2.57. The summed E-state index contributed by atoms with van der Waals surface area (Å²) in [5.74, 6) is 0.473. The van der Waals surface area contributed by atoms with Gasteiger partial charge >= 0.3 is 5.97 Å². The summed E-state index contributed by atoms with van der Waals surface area (Å²) in [6.07, 6.45) is 4.36. The third-order valence-corrected chi connectivity index (χ3v) is 5.56. The van der Waals surface area contributed by atoms with Crippen LogP contribution in [0.5, 0.6) is 17.2 Å². The summed E-state index contributed by atoms with van der Waals surface area (Å²) in [7, 11) is 1.65. The molecule has 0 bridgehead atoms. The summed E-state index contributed by atoms with van der Waals surface area (Å²) in [6.45, 7) is 2.12. The van der Waals surface area contributed by atoms with Crippen molar-refractivity contribution in [2.75, 3.05) is 12.4 Å². The first-order valence-electron chi connectivity index (χ1n) is 10.3. The lowest BCUT2D eigenvalue weighted by atomic mass is 10.1. The average Bonchev–Trinajstić information content (AvgIpc) is 3.57. The number of aliphatic carboxylic acids is 1. The standard InChI is InChI=1S/C24H24N2O5/c1-3-4-15-13-19-18(14-21(15)30-2)20(9-12-25-19)31-17-7-5-16(6-8-17)26-22(27)24(10-11-24)23(28)29/h5-9,12-14H,3-4,10-11H2,1-2H3,(H,26,27)(H,28,29). The van der Waals surface area contributed by atoms with E-state index in [4.69, 9.17) is 9.47 Å². The number of pyridine rings is 1. The molecular weight excluding hydrogens is 396 g/mol. The molecule has 2 aromatic carbocycles. The Labute approximate surface area is 180 Å². The minimum Gasteiger partial charge on any atom is -0.496 e. The monoisotopic (exact) mass is 420 g/mol. The molecule has 1 amide bonds. The van der Waals surface area contributed by atoms with E-state index in [0.717, 1.165) is 35.1 Å². The average molecular weight is 420 g/mol.